The minimum atomic E-state index is -0.963. The van der Waals surface area contributed by atoms with Crippen LogP contribution >= 0.6 is 0 Å². The molecule has 0 aliphatic heterocycles. The topological polar surface area (TPSA) is 153 Å². The molecule has 0 saturated carbocycles. The number of rotatable bonds is 15. The molecule has 0 aliphatic carbocycles. The largest absolute Gasteiger partial charge is 0.389 e. The molecule has 10 nitrogen and oxygen atoms in total. The predicted molar refractivity (Wildman–Crippen MR) is 174 cm³/mol. The van der Waals surface area contributed by atoms with Crippen molar-refractivity contribution in [3.8, 4) is 0 Å². The first-order valence-corrected chi connectivity index (χ1v) is 14.5. The molecule has 2 rings (SSSR count). The second-order valence-electron chi connectivity index (χ2n) is 9.94. The van der Waals surface area contributed by atoms with Crippen LogP contribution in [0.25, 0.3) is 5.57 Å². The monoisotopic (exact) mass is 611 g/mol. The van der Waals surface area contributed by atoms with Crippen molar-refractivity contribution in [1.29, 1.82) is 0 Å². The highest BCUT2D eigenvalue weighted by Crippen LogP contribution is 2.25. The van der Waals surface area contributed by atoms with E-state index in [1.807, 2.05) is 19.9 Å². The zero-order valence-corrected chi connectivity index (χ0v) is 25.9. The van der Waals surface area contributed by atoms with Gasteiger partial charge in [0.2, 0.25) is 5.91 Å². The van der Waals surface area contributed by atoms with E-state index in [0.717, 1.165) is 5.56 Å². The molecule has 1 atom stereocenters. The van der Waals surface area contributed by atoms with Crippen molar-refractivity contribution in [2.45, 2.75) is 53.1 Å². The summed E-state index contributed by atoms with van der Waals surface area (Å²) in [6.07, 6.45) is 5.25. The van der Waals surface area contributed by atoms with E-state index in [4.69, 9.17) is 5.73 Å². The molecule has 0 heterocycles. The van der Waals surface area contributed by atoms with Gasteiger partial charge in [0.25, 0.3) is 5.91 Å². The standard InChI is InChI=1S/C32H43F2N7O3/c1-6-15-37-31(21(4)38-17-20(3)25-12-13-27(36-5)30(34)29(25)33)41-23-10-11-26(22(7-2)16-23)32(44)40-19-24(42)18-39-28(43)9-8-14-35/h6,10-13,15-17,24,36,42H,7-9,14,18-19,35H2,1-5H3,(H,37,41)(H,39,43)(H,40,44)/b15-6-,20-17+,38-21+. The lowest BCUT2D eigenvalue weighted by Crippen LogP contribution is -2.40. The number of hydrogen-bond acceptors (Lipinski definition) is 7. The lowest BCUT2D eigenvalue weighted by molar-refractivity contribution is -0.121. The van der Waals surface area contributed by atoms with Gasteiger partial charge in [0.1, 0.15) is 0 Å². The minimum absolute atomic E-state index is 0.0194. The Balaban J connectivity index is 2.17. The summed E-state index contributed by atoms with van der Waals surface area (Å²) in [5.74, 6) is -2.06. The number of halogens is 2. The number of aliphatic imine (C=N–C) groups is 2. The van der Waals surface area contributed by atoms with Gasteiger partial charge in [-0.25, -0.2) is 13.8 Å². The first-order chi connectivity index (χ1) is 21.1. The highest BCUT2D eigenvalue weighted by Gasteiger charge is 2.16. The maximum absolute atomic E-state index is 14.6. The molecule has 0 aliphatic rings. The van der Waals surface area contributed by atoms with E-state index in [2.05, 4.69) is 31.3 Å². The van der Waals surface area contributed by atoms with Gasteiger partial charge in [-0.1, -0.05) is 13.0 Å². The highest BCUT2D eigenvalue weighted by molar-refractivity contribution is 6.45. The molecular formula is C32H43F2N7O3. The normalized spacial score (nSPS) is 13.2. The predicted octanol–water partition coefficient (Wildman–Crippen LogP) is 4.38. The maximum Gasteiger partial charge on any atom is 0.251 e. The van der Waals surface area contributed by atoms with Gasteiger partial charge in [0.05, 0.1) is 17.5 Å². The molecule has 2 aromatic carbocycles. The number of anilines is 2. The van der Waals surface area contributed by atoms with Crippen LogP contribution in [0.3, 0.4) is 0 Å². The van der Waals surface area contributed by atoms with E-state index in [-0.39, 0.29) is 42.6 Å². The third-order valence-electron chi connectivity index (χ3n) is 6.56. The summed E-state index contributed by atoms with van der Waals surface area (Å²) in [5, 5.41) is 21.3. The maximum atomic E-state index is 14.6. The first kappa shape index (κ1) is 35.8. The molecule has 44 heavy (non-hydrogen) atoms. The Hall–Kier alpha value is -4.42. The van der Waals surface area contributed by atoms with Gasteiger partial charge in [-0.15, -0.1) is 0 Å². The molecule has 2 amide bonds. The molecule has 0 bridgehead atoms. The second kappa shape index (κ2) is 18.3. The van der Waals surface area contributed by atoms with Gasteiger partial charge >= 0.3 is 0 Å². The van der Waals surface area contributed by atoms with Crippen molar-refractivity contribution >= 4 is 40.3 Å². The molecule has 0 aromatic heterocycles. The molecular weight excluding hydrogens is 568 g/mol. The van der Waals surface area contributed by atoms with Crippen molar-refractivity contribution in [2.75, 3.05) is 37.3 Å². The van der Waals surface area contributed by atoms with Crippen molar-refractivity contribution in [2.24, 2.45) is 15.7 Å². The fourth-order valence-electron chi connectivity index (χ4n) is 4.02. The molecule has 7 N–H and O–H groups in total. The van der Waals surface area contributed by atoms with Gasteiger partial charge in [-0.2, -0.15) is 0 Å². The number of carbonyl (C=O) groups excluding carboxylic acids is 2. The first-order valence-electron chi connectivity index (χ1n) is 14.5. The van der Waals surface area contributed by atoms with Gasteiger partial charge in [0, 0.05) is 55.8 Å². The fraction of sp³-hybridized carbons (Fsp3) is 0.375. The summed E-state index contributed by atoms with van der Waals surface area (Å²) in [6, 6.07) is 8.17. The van der Waals surface area contributed by atoms with Crippen molar-refractivity contribution in [1.82, 2.24) is 10.6 Å². The molecule has 0 radical (unpaired) electrons. The molecule has 0 spiro atoms. The number of nitrogens with one attached hydrogen (secondary N) is 4. The molecule has 0 saturated heterocycles. The Morgan fingerprint density at radius 2 is 1.75 bits per heavy atom. The highest BCUT2D eigenvalue weighted by atomic mass is 19.2. The minimum Gasteiger partial charge on any atom is -0.389 e. The summed E-state index contributed by atoms with van der Waals surface area (Å²) in [4.78, 5) is 33.5. The van der Waals surface area contributed by atoms with Gasteiger partial charge < -0.3 is 32.1 Å². The molecule has 0 fully saturated rings. The summed E-state index contributed by atoms with van der Waals surface area (Å²) in [6.45, 7) is 7.51. The van der Waals surface area contributed by atoms with Gasteiger partial charge in [0.15, 0.2) is 17.5 Å². The molecule has 12 heteroatoms. The van der Waals surface area contributed by atoms with Crippen LogP contribution in [0.2, 0.25) is 0 Å². The number of benzene rings is 2. The second-order valence-corrected chi connectivity index (χ2v) is 9.94. The van der Waals surface area contributed by atoms with E-state index in [0.29, 0.717) is 47.8 Å². The Kier molecular flexibility index (Phi) is 14.9. The van der Waals surface area contributed by atoms with Crippen molar-refractivity contribution < 1.29 is 23.5 Å². The van der Waals surface area contributed by atoms with Gasteiger partial charge in [-0.05, 0) is 81.6 Å². The fourth-order valence-corrected chi connectivity index (χ4v) is 4.02. The summed E-state index contributed by atoms with van der Waals surface area (Å²) < 4.78 is 28.8. The van der Waals surface area contributed by atoms with Gasteiger partial charge in [-0.3, -0.25) is 14.6 Å². The average Bonchev–Trinajstić information content (AvgIpc) is 3.03. The summed E-state index contributed by atoms with van der Waals surface area (Å²) >= 11 is 0. The van der Waals surface area contributed by atoms with Crippen LogP contribution in [0.15, 0.2) is 58.8 Å². The summed E-state index contributed by atoms with van der Waals surface area (Å²) in [7, 11) is 1.52. The van der Waals surface area contributed by atoms with Crippen LogP contribution in [0, 0.1) is 11.6 Å². The van der Waals surface area contributed by atoms with Crippen molar-refractivity contribution in [3.63, 3.8) is 0 Å². The van der Waals surface area contributed by atoms with Crippen LogP contribution in [0.4, 0.5) is 20.2 Å². The van der Waals surface area contributed by atoms with Crippen LogP contribution < -0.4 is 27.0 Å². The SMILES string of the molecule is C\C=C/N=C(Nc1ccc(C(=O)NCC(O)CNC(=O)CCCN)c(CC)c1)\C(C)=N\C=C(/C)c1ccc(NC)c(F)c1F. The quantitative estimate of drug-likeness (QED) is 0.130. The number of amidine groups is 1. The van der Waals surface area contributed by atoms with Crippen LogP contribution in [0.5, 0.6) is 0 Å². The van der Waals surface area contributed by atoms with Crippen LogP contribution in [0.1, 0.15) is 62.0 Å². The third-order valence-corrected chi connectivity index (χ3v) is 6.56. The molecule has 238 valence electrons. The molecule has 2 aromatic rings. The number of hydrogen-bond donors (Lipinski definition) is 6. The summed E-state index contributed by atoms with van der Waals surface area (Å²) in [5.41, 5.74) is 8.34. The number of carbonyl (C=O) groups is 2. The number of aryl methyl sites for hydroxylation is 1. The van der Waals surface area contributed by atoms with E-state index in [1.54, 1.807) is 38.3 Å². The van der Waals surface area contributed by atoms with E-state index in [1.165, 1.54) is 25.4 Å². The van der Waals surface area contributed by atoms with Crippen molar-refractivity contribution in [3.05, 3.63) is 77.1 Å². The Labute approximate surface area is 257 Å². The zero-order chi connectivity index (χ0) is 32.6. The van der Waals surface area contributed by atoms with E-state index in [9.17, 15) is 23.5 Å². The lowest BCUT2D eigenvalue weighted by Gasteiger charge is -2.15. The lowest BCUT2D eigenvalue weighted by atomic mass is 10.0. The average molecular weight is 612 g/mol. The number of amides is 2. The Morgan fingerprint density at radius 1 is 1.05 bits per heavy atom. The van der Waals surface area contributed by atoms with E-state index < -0.39 is 17.7 Å². The van der Waals surface area contributed by atoms with Crippen LogP contribution in [-0.2, 0) is 11.2 Å². The number of aliphatic hydroxyl groups excluding tert-OH is 1. The number of aliphatic hydroxyl groups is 1. The smallest absolute Gasteiger partial charge is 0.251 e. The number of nitrogens with zero attached hydrogens (tertiary/aromatic N) is 2. The zero-order valence-electron chi connectivity index (χ0n) is 25.9. The van der Waals surface area contributed by atoms with Crippen LogP contribution in [-0.4, -0.2) is 61.3 Å². The Morgan fingerprint density at radius 3 is 2.41 bits per heavy atom. The Bertz CT molecular complexity index is 1420. The number of nitrogens with two attached hydrogens (primary N) is 1. The van der Waals surface area contributed by atoms with E-state index >= 15 is 0 Å². The third kappa shape index (κ3) is 10.7. The molecule has 1 unspecified atom stereocenters. The number of allylic oxidation sites excluding steroid dienone is 2.